The predicted molar refractivity (Wildman–Crippen MR) is 135 cm³/mol. The van der Waals surface area contributed by atoms with E-state index in [9.17, 15) is 9.59 Å². The van der Waals surface area contributed by atoms with Crippen molar-refractivity contribution in [2.75, 3.05) is 10.6 Å². The van der Waals surface area contributed by atoms with Gasteiger partial charge in [0.15, 0.2) is 5.76 Å². The van der Waals surface area contributed by atoms with Crippen LogP contribution in [-0.4, -0.2) is 31.4 Å². The molecule has 0 radical (unpaired) electrons. The topological polar surface area (TPSA) is 116 Å². The first kappa shape index (κ1) is 24.8. The molecule has 188 valence electrons. The lowest BCUT2D eigenvalue weighted by atomic mass is 10.0. The Morgan fingerprint density at radius 1 is 1.00 bits per heavy atom. The Hall–Kier alpha value is -4.34. The second-order valence-electron chi connectivity index (χ2n) is 8.68. The molecule has 3 heterocycles. The number of rotatable bonds is 9. The Labute approximate surface area is 209 Å². The van der Waals surface area contributed by atoms with Crippen LogP contribution in [0.1, 0.15) is 64.7 Å². The summed E-state index contributed by atoms with van der Waals surface area (Å²) in [6, 6.07) is 11.1. The van der Waals surface area contributed by atoms with Crippen LogP contribution in [0.4, 0.5) is 11.4 Å². The maximum absolute atomic E-state index is 13.0. The summed E-state index contributed by atoms with van der Waals surface area (Å²) in [4.78, 5) is 25.9. The van der Waals surface area contributed by atoms with E-state index in [1.165, 1.54) is 16.4 Å². The van der Waals surface area contributed by atoms with E-state index >= 15 is 0 Å². The number of ether oxygens (including phenoxy) is 1. The van der Waals surface area contributed by atoms with Crippen molar-refractivity contribution in [2.45, 2.75) is 46.8 Å². The van der Waals surface area contributed by atoms with Gasteiger partial charge in [-0.2, -0.15) is 10.2 Å². The van der Waals surface area contributed by atoms with E-state index in [0.717, 1.165) is 5.69 Å². The number of nitrogens with one attached hydrogen (secondary N) is 2. The molecule has 2 amide bonds. The second-order valence-corrected chi connectivity index (χ2v) is 8.68. The van der Waals surface area contributed by atoms with Crippen molar-refractivity contribution in [1.82, 2.24) is 19.6 Å². The van der Waals surface area contributed by atoms with Crippen LogP contribution in [-0.2, 0) is 20.2 Å². The first-order valence-corrected chi connectivity index (χ1v) is 11.7. The molecule has 0 aliphatic rings. The molecule has 1 aromatic carbocycles. The van der Waals surface area contributed by atoms with Gasteiger partial charge in [0.2, 0.25) is 0 Å². The average molecular weight is 491 g/mol. The van der Waals surface area contributed by atoms with Crippen molar-refractivity contribution >= 4 is 23.2 Å². The van der Waals surface area contributed by atoms with Crippen LogP contribution < -0.4 is 15.4 Å². The lowest BCUT2D eigenvalue weighted by molar-refractivity contribution is 0.0992. The first-order valence-electron chi connectivity index (χ1n) is 11.7. The van der Waals surface area contributed by atoms with Gasteiger partial charge in [-0.05, 0) is 49.6 Å². The summed E-state index contributed by atoms with van der Waals surface area (Å²) in [6.07, 6.45) is 3.02. The molecule has 0 saturated carbocycles. The van der Waals surface area contributed by atoms with Crippen molar-refractivity contribution in [3.8, 4) is 5.75 Å². The van der Waals surface area contributed by atoms with Crippen molar-refractivity contribution < 1.29 is 18.7 Å². The van der Waals surface area contributed by atoms with E-state index < -0.39 is 11.8 Å². The summed E-state index contributed by atoms with van der Waals surface area (Å²) in [7, 11) is 1.79. The number of aromatic nitrogens is 4. The molecule has 3 aromatic heterocycles. The largest absolute Gasteiger partial charge is 0.486 e. The highest BCUT2D eigenvalue weighted by Gasteiger charge is 2.22. The van der Waals surface area contributed by atoms with Gasteiger partial charge in [0, 0.05) is 13.6 Å². The third-order valence-electron chi connectivity index (χ3n) is 5.90. The fourth-order valence-electron chi connectivity index (χ4n) is 3.62. The number of benzene rings is 1. The molecule has 0 unspecified atom stereocenters. The number of carbonyl (C=O) groups excluding carboxylic acids is 2. The zero-order valence-corrected chi connectivity index (χ0v) is 21.0. The zero-order chi connectivity index (χ0) is 25.8. The molecule has 0 bridgehead atoms. The summed E-state index contributed by atoms with van der Waals surface area (Å²) in [5.74, 6) is 0.862. The van der Waals surface area contributed by atoms with Crippen LogP contribution in [0.15, 0.2) is 53.2 Å². The van der Waals surface area contributed by atoms with Gasteiger partial charge in [0.1, 0.15) is 23.8 Å². The van der Waals surface area contributed by atoms with E-state index in [-0.39, 0.29) is 23.7 Å². The molecule has 0 aliphatic heterocycles. The molecule has 10 heteroatoms. The van der Waals surface area contributed by atoms with Crippen LogP contribution in [0.25, 0.3) is 0 Å². The number of hydrogen-bond donors (Lipinski definition) is 2. The van der Waals surface area contributed by atoms with Gasteiger partial charge in [-0.1, -0.05) is 26.0 Å². The summed E-state index contributed by atoms with van der Waals surface area (Å²) in [5.41, 5.74) is 3.12. The van der Waals surface area contributed by atoms with Crippen LogP contribution in [0.3, 0.4) is 0 Å². The number of anilines is 2. The summed E-state index contributed by atoms with van der Waals surface area (Å²) < 4.78 is 14.6. The lowest BCUT2D eigenvalue weighted by Crippen LogP contribution is -2.21. The quantitative estimate of drug-likeness (QED) is 0.350. The Balaban J connectivity index is 1.42. The molecule has 0 aliphatic carbocycles. The van der Waals surface area contributed by atoms with Crippen molar-refractivity contribution in [3.05, 3.63) is 77.3 Å². The van der Waals surface area contributed by atoms with Crippen molar-refractivity contribution in [2.24, 2.45) is 7.05 Å². The fraction of sp³-hybridized carbons (Fsp3) is 0.308. The van der Waals surface area contributed by atoms with Crippen LogP contribution in [0.2, 0.25) is 0 Å². The highest BCUT2D eigenvalue weighted by atomic mass is 16.5. The van der Waals surface area contributed by atoms with E-state index in [1.807, 2.05) is 38.1 Å². The minimum Gasteiger partial charge on any atom is -0.486 e. The summed E-state index contributed by atoms with van der Waals surface area (Å²) in [5, 5.41) is 13.9. The van der Waals surface area contributed by atoms with Crippen molar-refractivity contribution in [3.63, 3.8) is 0 Å². The number of nitrogens with zero attached hydrogens (tertiary/aromatic N) is 4. The van der Waals surface area contributed by atoms with Crippen molar-refractivity contribution in [1.29, 1.82) is 0 Å². The fourth-order valence-corrected chi connectivity index (χ4v) is 3.62. The smallest absolute Gasteiger partial charge is 0.291 e. The molecule has 4 rings (SSSR count). The minimum absolute atomic E-state index is 0.0995. The van der Waals surface area contributed by atoms with Crippen LogP contribution in [0, 0.1) is 6.92 Å². The highest BCUT2D eigenvalue weighted by Crippen LogP contribution is 2.22. The SMILES string of the molecule is CCn1ncc(NC(=O)c2ccc(COc3ccc(C(C)C)cc3)o2)c1C(=O)Nc1cnn(C)c1C. The van der Waals surface area contributed by atoms with Gasteiger partial charge in [0.25, 0.3) is 11.8 Å². The van der Waals surface area contributed by atoms with E-state index in [4.69, 9.17) is 9.15 Å². The minimum atomic E-state index is -0.496. The number of carbonyl (C=O) groups is 2. The van der Waals surface area contributed by atoms with Crippen LogP contribution in [0.5, 0.6) is 5.75 Å². The lowest BCUT2D eigenvalue weighted by Gasteiger charge is -2.09. The molecular formula is C26H30N6O4. The van der Waals surface area contributed by atoms with Crippen LogP contribution >= 0.6 is 0 Å². The Bertz CT molecular complexity index is 1360. The molecule has 2 N–H and O–H groups in total. The maximum Gasteiger partial charge on any atom is 0.291 e. The van der Waals surface area contributed by atoms with E-state index in [0.29, 0.717) is 29.7 Å². The van der Waals surface area contributed by atoms with Gasteiger partial charge in [-0.3, -0.25) is 19.0 Å². The maximum atomic E-state index is 13.0. The molecule has 4 aromatic rings. The number of amides is 2. The zero-order valence-electron chi connectivity index (χ0n) is 21.0. The standard InChI is InChI=1S/C26H30N6O4/c1-6-32-24(26(34)29-21-13-27-31(5)17(21)4)22(14-28-32)30-25(33)23-12-11-20(36-23)15-35-19-9-7-18(8-10-19)16(2)3/h7-14,16H,6,15H2,1-5H3,(H,29,34)(H,30,33). The molecule has 0 saturated heterocycles. The molecule has 36 heavy (non-hydrogen) atoms. The highest BCUT2D eigenvalue weighted by molar-refractivity contribution is 6.11. The third-order valence-corrected chi connectivity index (χ3v) is 5.90. The number of aryl methyl sites for hydroxylation is 2. The predicted octanol–water partition coefficient (Wildman–Crippen LogP) is 4.74. The first-order chi connectivity index (χ1) is 17.3. The molecule has 0 spiro atoms. The van der Waals surface area contributed by atoms with Gasteiger partial charge in [-0.25, -0.2) is 0 Å². The Morgan fingerprint density at radius 3 is 2.33 bits per heavy atom. The number of hydrogen-bond acceptors (Lipinski definition) is 6. The second kappa shape index (κ2) is 10.5. The third kappa shape index (κ3) is 5.32. The molecule has 0 fully saturated rings. The Kier molecular flexibility index (Phi) is 7.23. The van der Waals surface area contributed by atoms with E-state index in [1.54, 1.807) is 30.1 Å². The van der Waals surface area contributed by atoms with Gasteiger partial charge < -0.3 is 19.8 Å². The molecule has 10 nitrogen and oxygen atoms in total. The summed E-state index contributed by atoms with van der Waals surface area (Å²) >= 11 is 0. The van der Waals surface area contributed by atoms with Gasteiger partial charge in [-0.15, -0.1) is 0 Å². The number of furan rings is 1. The monoisotopic (exact) mass is 490 g/mol. The molecule has 0 atom stereocenters. The summed E-state index contributed by atoms with van der Waals surface area (Å²) in [6.45, 7) is 8.61. The Morgan fingerprint density at radius 2 is 1.69 bits per heavy atom. The normalized spacial score (nSPS) is 11.1. The van der Waals surface area contributed by atoms with E-state index in [2.05, 4.69) is 34.7 Å². The van der Waals surface area contributed by atoms with Gasteiger partial charge in [0.05, 0.1) is 29.5 Å². The van der Waals surface area contributed by atoms with Gasteiger partial charge >= 0.3 is 0 Å². The average Bonchev–Trinajstić information content (AvgIpc) is 3.58. The molecular weight excluding hydrogens is 460 g/mol.